The SMILES string of the molecule is CC1=[C-]C(C)(C)C(C)=C1C.[Zr+4].[c-]1ccccc1.[c-]1ccccc1.[c-]1ccccc1. The maximum absolute atomic E-state index is 3.44. The molecule has 0 nitrogen and oxygen atoms in total. The molecule has 0 bridgehead atoms. The molecule has 29 heavy (non-hydrogen) atoms. The zero-order valence-corrected chi connectivity index (χ0v) is 20.6. The number of allylic oxidation sites excluding steroid dienone is 4. The number of hydrogen-bond acceptors (Lipinski definition) is 0. The van der Waals surface area contributed by atoms with E-state index in [9.17, 15) is 0 Å². The van der Waals surface area contributed by atoms with Crippen molar-refractivity contribution in [3.05, 3.63) is 132 Å². The molecule has 0 amide bonds. The molecule has 0 radical (unpaired) electrons. The number of rotatable bonds is 0. The van der Waals surface area contributed by atoms with Gasteiger partial charge in [0, 0.05) is 0 Å². The third-order valence-corrected chi connectivity index (χ3v) is 4.38. The van der Waals surface area contributed by atoms with E-state index in [-0.39, 0.29) is 31.6 Å². The van der Waals surface area contributed by atoms with Crippen LogP contribution in [0.1, 0.15) is 34.6 Å². The van der Waals surface area contributed by atoms with Crippen molar-refractivity contribution in [2.24, 2.45) is 5.41 Å². The first-order valence-electron chi connectivity index (χ1n) is 9.48. The number of hydrogen-bond donors (Lipinski definition) is 0. The molecule has 1 aliphatic carbocycles. The summed E-state index contributed by atoms with van der Waals surface area (Å²) < 4.78 is 0. The zero-order valence-electron chi connectivity index (χ0n) is 18.2. The first kappa shape index (κ1) is 27.0. The third kappa shape index (κ3) is 12.2. The van der Waals surface area contributed by atoms with Crippen LogP contribution in [0, 0.1) is 29.7 Å². The molecule has 0 fully saturated rings. The van der Waals surface area contributed by atoms with Gasteiger partial charge in [-0.1, -0.05) is 33.1 Å². The minimum atomic E-state index is 0. The minimum absolute atomic E-state index is 0. The van der Waals surface area contributed by atoms with E-state index >= 15 is 0 Å². The Balaban J connectivity index is 0.000000366. The molecule has 0 saturated heterocycles. The molecule has 0 heterocycles. The van der Waals surface area contributed by atoms with Gasteiger partial charge in [0.2, 0.25) is 0 Å². The van der Waals surface area contributed by atoms with E-state index in [1.807, 2.05) is 91.0 Å². The third-order valence-electron chi connectivity index (χ3n) is 4.38. The number of benzene rings is 3. The van der Waals surface area contributed by atoms with Crippen molar-refractivity contribution in [2.45, 2.75) is 34.6 Å². The van der Waals surface area contributed by atoms with E-state index in [0.717, 1.165) is 0 Å². The monoisotopic (exact) mass is 456 g/mol. The summed E-state index contributed by atoms with van der Waals surface area (Å²) in [5.41, 5.74) is 4.39. The van der Waals surface area contributed by atoms with Crippen molar-refractivity contribution in [1.82, 2.24) is 0 Å². The normalized spacial score (nSPS) is 13.1. The molecule has 1 heteroatoms. The van der Waals surface area contributed by atoms with Gasteiger partial charge in [0.1, 0.15) is 0 Å². The second-order valence-electron chi connectivity index (χ2n) is 6.86. The Morgan fingerprint density at radius 2 is 0.862 bits per heavy atom. The van der Waals surface area contributed by atoms with Crippen LogP contribution >= 0.6 is 0 Å². The topological polar surface area (TPSA) is 0 Å². The van der Waals surface area contributed by atoms with Crippen molar-refractivity contribution < 1.29 is 26.2 Å². The Bertz CT molecular complexity index is 646. The largest absolute Gasteiger partial charge is 4.00 e. The quantitative estimate of drug-likeness (QED) is 0.305. The van der Waals surface area contributed by atoms with E-state index in [1.54, 1.807) is 0 Å². The Morgan fingerprint density at radius 1 is 0.552 bits per heavy atom. The van der Waals surface area contributed by atoms with Crippen LogP contribution in [0.5, 0.6) is 0 Å². The fourth-order valence-electron chi connectivity index (χ4n) is 2.43. The molecule has 0 saturated carbocycles. The van der Waals surface area contributed by atoms with E-state index in [4.69, 9.17) is 0 Å². The summed E-state index contributed by atoms with van der Waals surface area (Å²) in [6, 6.07) is 37.5. The van der Waals surface area contributed by atoms with Crippen LogP contribution in [0.4, 0.5) is 0 Å². The van der Waals surface area contributed by atoms with E-state index in [1.165, 1.54) is 16.7 Å². The van der Waals surface area contributed by atoms with Gasteiger partial charge in [0.25, 0.3) is 0 Å². The van der Waals surface area contributed by atoms with E-state index < -0.39 is 0 Å². The zero-order chi connectivity index (χ0) is 20.7. The molecule has 3 aromatic rings. The fourth-order valence-corrected chi connectivity index (χ4v) is 2.43. The first-order valence-corrected chi connectivity index (χ1v) is 9.48. The molecule has 4 rings (SSSR count). The average Bonchev–Trinajstić information content (AvgIpc) is 2.94. The summed E-state index contributed by atoms with van der Waals surface area (Å²) in [5, 5.41) is 0. The Kier molecular flexibility index (Phi) is 14.8. The van der Waals surface area contributed by atoms with Crippen LogP contribution in [0.25, 0.3) is 0 Å². The Morgan fingerprint density at radius 3 is 0.931 bits per heavy atom. The molecule has 1 aliphatic rings. The second kappa shape index (κ2) is 15.9. The molecular formula is C28H30Zr. The van der Waals surface area contributed by atoms with Crippen LogP contribution in [0.2, 0.25) is 0 Å². The Hall–Kier alpha value is -1.98. The summed E-state index contributed by atoms with van der Waals surface area (Å²) in [4.78, 5) is 0. The minimum Gasteiger partial charge on any atom is -0.263 e. The predicted octanol–water partition coefficient (Wildman–Crippen LogP) is 7.57. The summed E-state index contributed by atoms with van der Waals surface area (Å²) in [6.45, 7) is 10.9. The van der Waals surface area contributed by atoms with Gasteiger partial charge < -0.3 is 0 Å². The molecule has 0 aliphatic heterocycles. The standard InChI is InChI=1S/C10H15.3C6H5.Zr/c1-7-6-10(4,5)9(3)8(7)2;3*1-2-4-6-5-3-1;/h1-5H3;3*1-5H;/q4*-1;+4. The summed E-state index contributed by atoms with van der Waals surface area (Å²) >= 11 is 0. The molecule has 0 unspecified atom stereocenters. The van der Waals surface area contributed by atoms with Crippen molar-refractivity contribution in [1.29, 1.82) is 0 Å². The summed E-state index contributed by atoms with van der Waals surface area (Å²) in [7, 11) is 0. The molecule has 0 aromatic heterocycles. The van der Waals surface area contributed by atoms with Crippen molar-refractivity contribution in [2.75, 3.05) is 0 Å². The van der Waals surface area contributed by atoms with Crippen molar-refractivity contribution >= 4 is 0 Å². The van der Waals surface area contributed by atoms with Gasteiger partial charge in [0.05, 0.1) is 0 Å². The van der Waals surface area contributed by atoms with E-state index in [2.05, 4.69) is 58.9 Å². The Labute approximate surface area is 197 Å². The molecule has 0 N–H and O–H groups in total. The van der Waals surface area contributed by atoms with Gasteiger partial charge >= 0.3 is 26.2 Å². The van der Waals surface area contributed by atoms with Crippen LogP contribution < -0.4 is 0 Å². The smallest absolute Gasteiger partial charge is 0.263 e. The molecular weight excluding hydrogens is 428 g/mol. The molecule has 146 valence electrons. The molecule has 0 spiro atoms. The maximum atomic E-state index is 3.44. The van der Waals surface area contributed by atoms with Gasteiger partial charge in [-0.2, -0.15) is 120 Å². The fraction of sp³-hybridized carbons (Fsp3) is 0.214. The summed E-state index contributed by atoms with van der Waals surface area (Å²) in [5.74, 6) is 0. The van der Waals surface area contributed by atoms with E-state index in [0.29, 0.717) is 0 Å². The van der Waals surface area contributed by atoms with Gasteiger partial charge in [-0.15, -0.1) is 6.92 Å². The van der Waals surface area contributed by atoms with Gasteiger partial charge in [0.15, 0.2) is 0 Å². The van der Waals surface area contributed by atoms with Crippen molar-refractivity contribution in [3.8, 4) is 0 Å². The van der Waals surface area contributed by atoms with Crippen LogP contribution in [0.3, 0.4) is 0 Å². The molecule has 0 atom stereocenters. The van der Waals surface area contributed by atoms with Crippen LogP contribution in [0.15, 0.2) is 108 Å². The van der Waals surface area contributed by atoms with Crippen molar-refractivity contribution in [3.63, 3.8) is 0 Å². The van der Waals surface area contributed by atoms with Gasteiger partial charge in [-0.3, -0.25) is 6.08 Å². The first-order chi connectivity index (χ1) is 13.4. The maximum Gasteiger partial charge on any atom is 4.00 e. The van der Waals surface area contributed by atoms with Crippen LogP contribution in [-0.2, 0) is 26.2 Å². The van der Waals surface area contributed by atoms with Gasteiger partial charge in [-0.05, 0) is 0 Å². The second-order valence-corrected chi connectivity index (χ2v) is 6.86. The average molecular weight is 458 g/mol. The molecule has 3 aromatic carbocycles. The van der Waals surface area contributed by atoms with Gasteiger partial charge in [-0.25, -0.2) is 5.57 Å². The van der Waals surface area contributed by atoms with Crippen LogP contribution in [-0.4, -0.2) is 0 Å². The summed E-state index contributed by atoms with van der Waals surface area (Å²) in [6.07, 6.45) is 3.44. The predicted molar refractivity (Wildman–Crippen MR) is 120 cm³/mol.